The third kappa shape index (κ3) is 3.99. The Morgan fingerprint density at radius 2 is 2.04 bits per heavy atom. The van der Waals surface area contributed by atoms with E-state index in [-0.39, 0.29) is 11.7 Å². The molecule has 0 saturated heterocycles. The summed E-state index contributed by atoms with van der Waals surface area (Å²) in [5.41, 5.74) is 0.696. The minimum Gasteiger partial charge on any atom is -0.349 e. The zero-order chi connectivity index (χ0) is 18.6. The van der Waals surface area contributed by atoms with E-state index in [1.165, 1.54) is 16.9 Å². The molecule has 0 saturated carbocycles. The molecule has 1 amide bonds. The number of rotatable bonds is 7. The summed E-state index contributed by atoms with van der Waals surface area (Å²) >= 11 is 0. The highest BCUT2D eigenvalue weighted by Gasteiger charge is 2.17. The van der Waals surface area contributed by atoms with Crippen molar-refractivity contribution in [3.05, 3.63) is 41.7 Å². The van der Waals surface area contributed by atoms with Crippen LogP contribution in [0.5, 0.6) is 0 Å². The molecule has 0 atom stereocenters. The molecule has 140 valence electrons. The number of hydrogen-bond acceptors (Lipinski definition) is 6. The van der Waals surface area contributed by atoms with Crippen LogP contribution < -0.4 is 5.32 Å². The zero-order valence-corrected chi connectivity index (χ0v) is 14.7. The van der Waals surface area contributed by atoms with Crippen LogP contribution in [0, 0.1) is 5.82 Å². The monoisotopic (exact) mass is 370 g/mol. The summed E-state index contributed by atoms with van der Waals surface area (Å²) in [5, 5.41) is 23.3. The molecule has 1 aliphatic heterocycles. The summed E-state index contributed by atoms with van der Waals surface area (Å²) in [5.74, 6) is 1.86. The maximum Gasteiger partial charge on any atom is 0.220 e. The Bertz CT molecular complexity index is 933. The number of benzene rings is 1. The summed E-state index contributed by atoms with van der Waals surface area (Å²) in [6.45, 7) is 1.78. The fourth-order valence-corrected chi connectivity index (χ4v) is 3.04. The van der Waals surface area contributed by atoms with Gasteiger partial charge >= 0.3 is 0 Å². The van der Waals surface area contributed by atoms with Gasteiger partial charge in [0, 0.05) is 24.9 Å². The van der Waals surface area contributed by atoms with Gasteiger partial charge in [0.2, 0.25) is 11.7 Å². The Morgan fingerprint density at radius 1 is 1.19 bits per heavy atom. The Morgan fingerprint density at radius 3 is 2.89 bits per heavy atom. The van der Waals surface area contributed by atoms with E-state index in [0.717, 1.165) is 31.0 Å². The largest absolute Gasteiger partial charge is 0.349 e. The van der Waals surface area contributed by atoms with E-state index in [9.17, 15) is 9.18 Å². The average molecular weight is 370 g/mol. The maximum atomic E-state index is 13.0. The van der Waals surface area contributed by atoms with Crippen LogP contribution in [0.4, 0.5) is 4.39 Å². The first-order chi connectivity index (χ1) is 13.2. The minimum absolute atomic E-state index is 0.0516. The Kier molecular flexibility index (Phi) is 4.86. The molecule has 4 rings (SSSR count). The van der Waals surface area contributed by atoms with E-state index in [2.05, 4.69) is 35.5 Å². The summed E-state index contributed by atoms with van der Waals surface area (Å²) < 4.78 is 15.0. The van der Waals surface area contributed by atoms with Gasteiger partial charge < -0.3 is 9.88 Å². The summed E-state index contributed by atoms with van der Waals surface area (Å²) in [6, 6.07) is 5.91. The normalized spacial score (nSPS) is 12.9. The van der Waals surface area contributed by atoms with Crippen molar-refractivity contribution in [1.29, 1.82) is 0 Å². The second-order valence-electron chi connectivity index (χ2n) is 6.38. The summed E-state index contributed by atoms with van der Waals surface area (Å²) in [7, 11) is 0. The van der Waals surface area contributed by atoms with E-state index in [4.69, 9.17) is 0 Å². The topological polar surface area (TPSA) is 103 Å². The number of hydrogen-bond donors (Lipinski definition) is 1. The molecule has 0 fully saturated rings. The van der Waals surface area contributed by atoms with Crippen molar-refractivity contribution in [3.8, 4) is 11.4 Å². The summed E-state index contributed by atoms with van der Waals surface area (Å²) in [6.07, 6.45) is 2.97. The molecule has 27 heavy (non-hydrogen) atoms. The lowest BCUT2D eigenvalue weighted by Crippen LogP contribution is -2.24. The van der Waals surface area contributed by atoms with Crippen LogP contribution in [-0.2, 0) is 30.8 Å². The van der Waals surface area contributed by atoms with E-state index < -0.39 is 0 Å². The zero-order valence-electron chi connectivity index (χ0n) is 14.7. The number of carbonyl (C=O) groups is 1. The molecular formula is C17H19FN8O. The fourth-order valence-electron chi connectivity index (χ4n) is 3.04. The van der Waals surface area contributed by atoms with Crippen molar-refractivity contribution in [2.45, 2.75) is 45.3 Å². The van der Waals surface area contributed by atoms with Gasteiger partial charge in [0.05, 0.1) is 13.1 Å². The molecule has 0 aliphatic carbocycles. The molecule has 3 heterocycles. The van der Waals surface area contributed by atoms with E-state index >= 15 is 0 Å². The van der Waals surface area contributed by atoms with Crippen molar-refractivity contribution >= 4 is 5.91 Å². The predicted molar refractivity (Wildman–Crippen MR) is 92.6 cm³/mol. The Balaban J connectivity index is 1.22. The number of halogens is 1. The first kappa shape index (κ1) is 17.3. The number of aryl methyl sites for hydroxylation is 2. The molecule has 0 bridgehead atoms. The molecule has 1 aliphatic rings. The second kappa shape index (κ2) is 7.60. The highest BCUT2D eigenvalue weighted by atomic mass is 19.1. The first-order valence-corrected chi connectivity index (χ1v) is 8.90. The van der Waals surface area contributed by atoms with Crippen LogP contribution in [0.25, 0.3) is 11.4 Å². The minimum atomic E-state index is -0.312. The smallest absolute Gasteiger partial charge is 0.220 e. The predicted octanol–water partition coefficient (Wildman–Crippen LogP) is 1.11. The van der Waals surface area contributed by atoms with E-state index in [1.54, 1.807) is 12.1 Å². The van der Waals surface area contributed by atoms with Crippen LogP contribution in [-0.4, -0.2) is 40.9 Å². The number of aromatic nitrogens is 7. The van der Waals surface area contributed by atoms with Gasteiger partial charge in [-0.05, 0) is 42.3 Å². The van der Waals surface area contributed by atoms with Gasteiger partial charge in [0.1, 0.15) is 11.6 Å². The standard InChI is InChI=1S/C17H19FN8O/c18-13-7-5-12(6-8-13)17-22-24-26(23-17)10-2-4-16(27)19-11-15-21-20-14-3-1-9-25(14)15/h5-8H,1-4,9-11H2,(H,19,27). The molecule has 2 aromatic heterocycles. The average Bonchev–Trinajstić information content (AvgIpc) is 3.38. The SMILES string of the molecule is O=C(CCCn1nnc(-c2ccc(F)cc2)n1)NCc1nnc2n1CCC2. The van der Waals surface area contributed by atoms with Crippen molar-refractivity contribution in [2.24, 2.45) is 0 Å². The Hall–Kier alpha value is -3.17. The van der Waals surface area contributed by atoms with Crippen LogP contribution in [0.1, 0.15) is 30.9 Å². The molecule has 0 unspecified atom stereocenters. The van der Waals surface area contributed by atoms with E-state index in [0.29, 0.717) is 37.3 Å². The van der Waals surface area contributed by atoms with Crippen molar-refractivity contribution in [3.63, 3.8) is 0 Å². The van der Waals surface area contributed by atoms with Crippen molar-refractivity contribution in [1.82, 2.24) is 40.3 Å². The molecule has 0 radical (unpaired) electrons. The van der Waals surface area contributed by atoms with Gasteiger partial charge in [-0.25, -0.2) is 4.39 Å². The van der Waals surface area contributed by atoms with Gasteiger partial charge in [-0.2, -0.15) is 4.80 Å². The van der Waals surface area contributed by atoms with Crippen LogP contribution in [0.3, 0.4) is 0 Å². The van der Waals surface area contributed by atoms with Gasteiger partial charge in [-0.3, -0.25) is 4.79 Å². The number of fused-ring (bicyclic) bond motifs is 1. The lowest BCUT2D eigenvalue weighted by Gasteiger charge is -2.05. The molecule has 0 spiro atoms. The highest BCUT2D eigenvalue weighted by Crippen LogP contribution is 2.14. The molecule has 1 N–H and O–H groups in total. The summed E-state index contributed by atoms with van der Waals surface area (Å²) in [4.78, 5) is 13.5. The van der Waals surface area contributed by atoms with Crippen LogP contribution in [0.15, 0.2) is 24.3 Å². The number of carbonyl (C=O) groups excluding carboxylic acids is 1. The van der Waals surface area contributed by atoms with Crippen LogP contribution >= 0.6 is 0 Å². The number of tetrazole rings is 1. The molecule has 1 aromatic carbocycles. The quantitative estimate of drug-likeness (QED) is 0.668. The lowest BCUT2D eigenvalue weighted by molar-refractivity contribution is -0.121. The highest BCUT2D eigenvalue weighted by molar-refractivity contribution is 5.75. The molecule has 3 aromatic rings. The van der Waals surface area contributed by atoms with Gasteiger partial charge in [0.15, 0.2) is 5.82 Å². The lowest BCUT2D eigenvalue weighted by atomic mass is 10.2. The second-order valence-corrected chi connectivity index (χ2v) is 6.38. The maximum absolute atomic E-state index is 13.0. The van der Waals surface area contributed by atoms with Crippen molar-refractivity contribution < 1.29 is 9.18 Å². The van der Waals surface area contributed by atoms with Crippen molar-refractivity contribution in [2.75, 3.05) is 0 Å². The molecular weight excluding hydrogens is 351 g/mol. The fraction of sp³-hybridized carbons (Fsp3) is 0.412. The van der Waals surface area contributed by atoms with Gasteiger partial charge in [0.25, 0.3) is 0 Å². The number of amides is 1. The first-order valence-electron chi connectivity index (χ1n) is 8.90. The molecule has 10 heteroatoms. The molecule has 9 nitrogen and oxygen atoms in total. The third-order valence-corrected chi connectivity index (χ3v) is 4.45. The van der Waals surface area contributed by atoms with Crippen LogP contribution in [0.2, 0.25) is 0 Å². The number of nitrogens with zero attached hydrogens (tertiary/aromatic N) is 7. The Labute approximate surface area is 154 Å². The third-order valence-electron chi connectivity index (χ3n) is 4.45. The van der Waals surface area contributed by atoms with Gasteiger partial charge in [-0.15, -0.1) is 20.4 Å². The van der Waals surface area contributed by atoms with E-state index in [1.807, 2.05) is 0 Å². The van der Waals surface area contributed by atoms with Gasteiger partial charge in [-0.1, -0.05) is 0 Å². The number of nitrogens with one attached hydrogen (secondary N) is 1.